The Hall–Kier alpha value is -4.90. The van der Waals surface area contributed by atoms with E-state index in [-0.39, 0.29) is 29.7 Å². The molecule has 39 heavy (non-hydrogen) atoms. The first-order valence-corrected chi connectivity index (χ1v) is 11.8. The Bertz CT molecular complexity index is 1400. The van der Waals surface area contributed by atoms with Crippen LogP contribution in [0.1, 0.15) is 43.9 Å². The molecule has 0 saturated carbocycles. The van der Waals surface area contributed by atoms with E-state index in [1.165, 1.54) is 54.6 Å². The third kappa shape index (κ3) is 8.86. The number of benzene rings is 3. The number of halogens is 1. The van der Waals surface area contributed by atoms with Gasteiger partial charge in [0.2, 0.25) is 11.7 Å². The maximum absolute atomic E-state index is 12.2. The van der Waals surface area contributed by atoms with Gasteiger partial charge in [0, 0.05) is 40.4 Å². The van der Waals surface area contributed by atoms with Gasteiger partial charge in [-0.1, -0.05) is 23.7 Å². The van der Waals surface area contributed by atoms with Gasteiger partial charge in [0.1, 0.15) is 0 Å². The summed E-state index contributed by atoms with van der Waals surface area (Å²) in [6.45, 7) is -1.07. The fourth-order valence-corrected chi connectivity index (χ4v) is 3.28. The molecule has 0 aliphatic carbocycles. The quantitative estimate of drug-likeness (QED) is 0.148. The molecule has 11 nitrogen and oxygen atoms in total. The number of amides is 1. The number of carbonyl (C=O) groups excluding carboxylic acids is 5. The number of carbonyl (C=O) groups is 5. The van der Waals surface area contributed by atoms with Crippen molar-refractivity contribution in [1.82, 2.24) is 0 Å². The van der Waals surface area contributed by atoms with Crippen molar-refractivity contribution in [2.24, 2.45) is 0 Å². The van der Waals surface area contributed by atoms with Gasteiger partial charge in [-0.3, -0.25) is 29.3 Å². The molecule has 0 spiro atoms. The Kier molecular flexibility index (Phi) is 9.99. The number of esters is 2. The van der Waals surface area contributed by atoms with Crippen molar-refractivity contribution in [1.29, 1.82) is 0 Å². The highest BCUT2D eigenvalue weighted by molar-refractivity contribution is 6.30. The first kappa shape index (κ1) is 28.7. The van der Waals surface area contributed by atoms with Crippen molar-refractivity contribution >= 4 is 52.4 Å². The van der Waals surface area contributed by atoms with Crippen LogP contribution in [0.5, 0.6) is 0 Å². The van der Waals surface area contributed by atoms with Crippen molar-refractivity contribution in [2.75, 3.05) is 18.5 Å². The van der Waals surface area contributed by atoms with Crippen molar-refractivity contribution in [3.05, 3.63) is 105 Å². The lowest BCUT2D eigenvalue weighted by Crippen LogP contribution is -2.17. The summed E-state index contributed by atoms with van der Waals surface area (Å²) in [5.41, 5.74) is 0.564. The Morgan fingerprint density at radius 2 is 1.38 bits per heavy atom. The molecule has 0 aliphatic heterocycles. The van der Waals surface area contributed by atoms with Gasteiger partial charge < -0.3 is 14.8 Å². The molecule has 0 unspecified atom stereocenters. The number of non-ortho nitro benzene ring substituents is 1. The van der Waals surface area contributed by atoms with Gasteiger partial charge in [-0.15, -0.1) is 0 Å². The van der Waals surface area contributed by atoms with Crippen LogP contribution in [-0.2, 0) is 19.1 Å². The molecule has 12 heteroatoms. The van der Waals surface area contributed by atoms with Crippen LogP contribution in [-0.4, -0.2) is 47.5 Å². The maximum Gasteiger partial charge on any atom is 0.338 e. The maximum atomic E-state index is 12.2. The number of hydrogen-bond acceptors (Lipinski definition) is 9. The highest BCUT2D eigenvalue weighted by Gasteiger charge is 2.16. The summed E-state index contributed by atoms with van der Waals surface area (Å²) < 4.78 is 9.89. The molecule has 0 saturated heterocycles. The van der Waals surface area contributed by atoms with E-state index in [9.17, 15) is 34.1 Å². The number of nitrogens with one attached hydrogen (secondary N) is 1. The molecule has 3 rings (SSSR count). The Morgan fingerprint density at radius 3 is 2.05 bits per heavy atom. The number of ether oxygens (including phenoxy) is 2. The molecule has 0 aliphatic rings. The van der Waals surface area contributed by atoms with Crippen LogP contribution < -0.4 is 5.32 Å². The summed E-state index contributed by atoms with van der Waals surface area (Å²) in [6, 6.07) is 16.8. The predicted molar refractivity (Wildman–Crippen MR) is 139 cm³/mol. The van der Waals surface area contributed by atoms with Crippen LogP contribution >= 0.6 is 11.6 Å². The Balaban J connectivity index is 1.40. The first-order valence-electron chi connectivity index (χ1n) is 11.4. The van der Waals surface area contributed by atoms with Gasteiger partial charge in [-0.05, 0) is 48.5 Å². The molecule has 0 fully saturated rings. The van der Waals surface area contributed by atoms with E-state index in [1.807, 2.05) is 0 Å². The molecular weight excluding hydrogens is 532 g/mol. The van der Waals surface area contributed by atoms with Crippen LogP contribution in [0.25, 0.3) is 0 Å². The lowest BCUT2D eigenvalue weighted by atomic mass is 10.1. The van der Waals surface area contributed by atoms with Crippen LogP contribution in [0.15, 0.2) is 72.8 Å². The van der Waals surface area contributed by atoms with Gasteiger partial charge in [0.05, 0.1) is 16.9 Å². The monoisotopic (exact) mass is 552 g/mol. The van der Waals surface area contributed by atoms with E-state index in [4.69, 9.17) is 21.1 Å². The molecule has 0 bridgehead atoms. The Labute approximate surface area is 226 Å². The van der Waals surface area contributed by atoms with Gasteiger partial charge in [0.15, 0.2) is 19.0 Å². The van der Waals surface area contributed by atoms with Gasteiger partial charge in [-0.25, -0.2) is 4.79 Å². The molecule has 0 aromatic heterocycles. The summed E-state index contributed by atoms with van der Waals surface area (Å²) in [7, 11) is 0. The number of nitro benzene ring substituents is 1. The summed E-state index contributed by atoms with van der Waals surface area (Å²) >= 11 is 5.77. The SMILES string of the molecule is O=C(CCC(=O)OCC(=O)c1ccc(Cl)cc1)Nc1ccc(C(=O)OCC(=O)c2cccc([N+](=O)[O-])c2)cc1. The van der Waals surface area contributed by atoms with Crippen LogP contribution in [0.2, 0.25) is 5.02 Å². The fourth-order valence-electron chi connectivity index (χ4n) is 3.16. The minimum absolute atomic E-state index is 0.0343. The highest BCUT2D eigenvalue weighted by Crippen LogP contribution is 2.15. The number of hydrogen-bond donors (Lipinski definition) is 1. The zero-order chi connectivity index (χ0) is 28.4. The number of Topliss-reactive ketones (excluding diaryl/α,β-unsaturated/α-hetero) is 2. The lowest BCUT2D eigenvalue weighted by molar-refractivity contribution is -0.384. The van der Waals surface area contributed by atoms with E-state index >= 15 is 0 Å². The first-order chi connectivity index (χ1) is 18.6. The standard InChI is InChI=1S/C27H21ClN2O9/c28-20-8-4-17(5-9-20)23(31)15-38-26(34)13-12-25(33)29-21-10-6-18(7-11-21)27(35)39-16-24(32)19-2-1-3-22(14-19)30(36)37/h1-11,14H,12-13,15-16H2,(H,29,33). The van der Waals surface area contributed by atoms with Crippen molar-refractivity contribution in [2.45, 2.75) is 12.8 Å². The second kappa shape index (κ2) is 13.6. The fraction of sp³-hybridized carbons (Fsp3) is 0.148. The molecule has 1 amide bonds. The minimum Gasteiger partial charge on any atom is -0.457 e. The number of nitrogens with zero attached hydrogens (tertiary/aromatic N) is 1. The van der Waals surface area contributed by atoms with Crippen molar-refractivity contribution in [3.8, 4) is 0 Å². The normalized spacial score (nSPS) is 10.3. The van der Waals surface area contributed by atoms with E-state index in [1.54, 1.807) is 12.1 Å². The largest absolute Gasteiger partial charge is 0.457 e. The van der Waals surface area contributed by atoms with Crippen molar-refractivity contribution in [3.63, 3.8) is 0 Å². The number of anilines is 1. The molecule has 200 valence electrons. The average Bonchev–Trinajstić information content (AvgIpc) is 2.94. The van der Waals surface area contributed by atoms with E-state index in [0.29, 0.717) is 16.3 Å². The van der Waals surface area contributed by atoms with Crippen LogP contribution in [0, 0.1) is 10.1 Å². The smallest absolute Gasteiger partial charge is 0.338 e. The molecular formula is C27H21ClN2O9. The molecule has 1 N–H and O–H groups in total. The third-order valence-corrected chi connectivity index (χ3v) is 5.46. The topological polar surface area (TPSA) is 159 Å². The average molecular weight is 553 g/mol. The second-order valence-corrected chi connectivity index (χ2v) is 8.46. The molecule has 3 aromatic rings. The summed E-state index contributed by atoms with van der Waals surface area (Å²) in [6.07, 6.45) is -0.444. The van der Waals surface area contributed by atoms with Crippen LogP contribution in [0.3, 0.4) is 0 Å². The summed E-state index contributed by atoms with van der Waals surface area (Å²) in [5, 5.41) is 13.9. The number of ketones is 2. The van der Waals surface area contributed by atoms with Gasteiger partial charge in [0.25, 0.3) is 5.69 Å². The molecule has 0 atom stereocenters. The number of rotatable bonds is 12. The molecule has 0 heterocycles. The Morgan fingerprint density at radius 1 is 0.769 bits per heavy atom. The van der Waals surface area contributed by atoms with Crippen LogP contribution in [0.4, 0.5) is 11.4 Å². The minimum atomic E-state index is -0.803. The van der Waals surface area contributed by atoms with E-state index in [2.05, 4.69) is 5.32 Å². The highest BCUT2D eigenvalue weighted by atomic mass is 35.5. The summed E-state index contributed by atoms with van der Waals surface area (Å²) in [4.78, 5) is 70.6. The van der Waals surface area contributed by atoms with E-state index in [0.717, 1.165) is 6.07 Å². The lowest BCUT2D eigenvalue weighted by Gasteiger charge is -2.08. The van der Waals surface area contributed by atoms with Gasteiger partial charge in [-0.2, -0.15) is 0 Å². The molecule has 3 aromatic carbocycles. The van der Waals surface area contributed by atoms with Crippen molar-refractivity contribution < 1.29 is 38.4 Å². The zero-order valence-corrected chi connectivity index (χ0v) is 21.0. The van der Waals surface area contributed by atoms with Gasteiger partial charge >= 0.3 is 11.9 Å². The second-order valence-electron chi connectivity index (χ2n) is 8.02. The summed E-state index contributed by atoms with van der Waals surface area (Å²) in [5.74, 6) is -3.03. The molecule has 0 radical (unpaired) electrons. The number of nitro groups is 1. The van der Waals surface area contributed by atoms with E-state index < -0.39 is 47.5 Å². The zero-order valence-electron chi connectivity index (χ0n) is 20.3. The third-order valence-electron chi connectivity index (χ3n) is 5.20. The predicted octanol–water partition coefficient (Wildman–Crippen LogP) is 4.43.